The van der Waals surface area contributed by atoms with Crippen molar-refractivity contribution in [3.05, 3.63) is 24.3 Å². The van der Waals surface area contributed by atoms with Crippen molar-refractivity contribution >= 4 is 13.9 Å². The van der Waals surface area contributed by atoms with E-state index in [0.717, 1.165) is 12.2 Å². The molecule has 1 atom stereocenters. The SMILES string of the molecule is CCC(C)Oc1ccc([P-]C)cc1.[Li+]. The number of ether oxygens (including phenoxy) is 1. The molecule has 0 heterocycles. The minimum absolute atomic E-state index is 0. The Morgan fingerprint density at radius 1 is 1.29 bits per heavy atom. The topological polar surface area (TPSA) is 9.23 Å². The van der Waals surface area contributed by atoms with Crippen LogP contribution in [0.1, 0.15) is 20.3 Å². The first-order valence-corrected chi connectivity index (χ1v) is 5.97. The second-order valence-electron chi connectivity index (χ2n) is 3.05. The summed E-state index contributed by atoms with van der Waals surface area (Å²) >= 11 is 0. The van der Waals surface area contributed by atoms with Crippen molar-refractivity contribution in [1.82, 2.24) is 0 Å². The maximum atomic E-state index is 5.66. The zero-order valence-electron chi connectivity index (χ0n) is 9.45. The summed E-state index contributed by atoms with van der Waals surface area (Å²) in [6.45, 7) is 6.35. The Morgan fingerprint density at radius 3 is 2.29 bits per heavy atom. The monoisotopic (exact) mass is 202 g/mol. The van der Waals surface area contributed by atoms with E-state index in [1.807, 2.05) is 12.1 Å². The maximum Gasteiger partial charge on any atom is 1.00 e. The normalized spacial score (nSPS) is 12.5. The smallest absolute Gasteiger partial charge is 0.510 e. The van der Waals surface area contributed by atoms with Crippen LogP contribution in [0.25, 0.3) is 0 Å². The average Bonchev–Trinajstić information content (AvgIpc) is 2.19. The molecule has 0 aromatic heterocycles. The quantitative estimate of drug-likeness (QED) is 0.496. The molecular formula is C11H16LiOP. The summed E-state index contributed by atoms with van der Waals surface area (Å²) in [5, 5.41) is 1.33. The third-order valence-corrected chi connectivity index (χ3v) is 2.82. The van der Waals surface area contributed by atoms with Crippen molar-refractivity contribution in [3.8, 4) is 5.75 Å². The molecule has 3 heteroatoms. The molecule has 0 spiro atoms. The summed E-state index contributed by atoms with van der Waals surface area (Å²) in [6.07, 6.45) is 1.36. The molecule has 1 unspecified atom stereocenters. The molecule has 0 aliphatic carbocycles. The van der Waals surface area contributed by atoms with Crippen LogP contribution < -0.4 is 28.9 Å². The fourth-order valence-corrected chi connectivity index (χ4v) is 1.44. The molecule has 0 amide bonds. The molecule has 1 nitrogen and oxygen atoms in total. The molecule has 72 valence electrons. The summed E-state index contributed by atoms with van der Waals surface area (Å²) < 4.78 is 5.66. The molecule has 0 N–H and O–H groups in total. The first-order valence-electron chi connectivity index (χ1n) is 4.62. The third-order valence-electron chi connectivity index (χ3n) is 2.01. The first-order chi connectivity index (χ1) is 6.26. The Morgan fingerprint density at radius 2 is 1.86 bits per heavy atom. The number of hydrogen-bond donors (Lipinski definition) is 0. The van der Waals surface area contributed by atoms with Crippen LogP contribution in [-0.4, -0.2) is 12.8 Å². The van der Waals surface area contributed by atoms with Gasteiger partial charge >= 0.3 is 18.9 Å². The van der Waals surface area contributed by atoms with Crippen LogP contribution in [0.15, 0.2) is 24.3 Å². The van der Waals surface area contributed by atoms with Crippen molar-refractivity contribution in [3.63, 3.8) is 0 Å². The van der Waals surface area contributed by atoms with Gasteiger partial charge in [-0.3, -0.25) is 0 Å². The Kier molecular flexibility index (Phi) is 7.38. The van der Waals surface area contributed by atoms with Gasteiger partial charge in [0.1, 0.15) is 5.75 Å². The van der Waals surface area contributed by atoms with Crippen LogP contribution in [0.2, 0.25) is 0 Å². The first kappa shape index (κ1) is 14.0. The summed E-state index contributed by atoms with van der Waals surface area (Å²) in [5.41, 5.74) is 0. The zero-order chi connectivity index (χ0) is 9.68. The van der Waals surface area contributed by atoms with Gasteiger partial charge in [-0.1, -0.05) is 19.1 Å². The van der Waals surface area contributed by atoms with Gasteiger partial charge in [0.15, 0.2) is 0 Å². The van der Waals surface area contributed by atoms with Gasteiger partial charge in [0, 0.05) is 0 Å². The largest absolute Gasteiger partial charge is 1.00 e. The molecule has 0 aliphatic rings. The fraction of sp³-hybridized carbons (Fsp3) is 0.455. The number of benzene rings is 1. The molecule has 1 aromatic carbocycles. The van der Waals surface area contributed by atoms with Gasteiger partial charge in [-0.05, 0) is 25.5 Å². The van der Waals surface area contributed by atoms with E-state index in [9.17, 15) is 0 Å². The predicted octanol–water partition coefficient (Wildman–Crippen LogP) is 0.0692. The van der Waals surface area contributed by atoms with Gasteiger partial charge < -0.3 is 13.3 Å². The second kappa shape index (κ2) is 7.35. The van der Waals surface area contributed by atoms with E-state index >= 15 is 0 Å². The minimum atomic E-state index is 0. The van der Waals surface area contributed by atoms with Crippen molar-refractivity contribution in [2.24, 2.45) is 0 Å². The van der Waals surface area contributed by atoms with E-state index in [1.54, 1.807) is 0 Å². The van der Waals surface area contributed by atoms with Gasteiger partial charge in [0.2, 0.25) is 0 Å². The standard InChI is InChI=1S/C11H16OP.Li/c1-4-9(2)12-10-5-7-11(13-3)8-6-10;/h5-9H,4H2,1-3H3;/q-1;+1. The van der Waals surface area contributed by atoms with Crippen molar-refractivity contribution in [2.45, 2.75) is 26.4 Å². The van der Waals surface area contributed by atoms with Crippen molar-refractivity contribution in [1.29, 1.82) is 0 Å². The van der Waals surface area contributed by atoms with Gasteiger partial charge in [0.05, 0.1) is 6.10 Å². The van der Waals surface area contributed by atoms with Crippen LogP contribution in [0.3, 0.4) is 0 Å². The Labute approximate surface area is 101 Å². The molecule has 1 aromatic rings. The Balaban J connectivity index is 0.00000169. The van der Waals surface area contributed by atoms with E-state index in [4.69, 9.17) is 4.74 Å². The van der Waals surface area contributed by atoms with Crippen LogP contribution in [-0.2, 0) is 0 Å². The fourth-order valence-electron chi connectivity index (χ4n) is 0.989. The van der Waals surface area contributed by atoms with Gasteiger partial charge in [-0.25, -0.2) is 5.30 Å². The number of rotatable bonds is 4. The molecule has 0 bridgehead atoms. The minimum Gasteiger partial charge on any atom is -0.510 e. The van der Waals surface area contributed by atoms with E-state index in [0.29, 0.717) is 6.10 Å². The molecule has 0 radical (unpaired) electrons. The zero-order valence-corrected chi connectivity index (χ0v) is 10.3. The Bertz CT molecular complexity index is 248. The van der Waals surface area contributed by atoms with Gasteiger partial charge in [-0.2, -0.15) is 6.66 Å². The van der Waals surface area contributed by atoms with E-state index in [-0.39, 0.29) is 18.9 Å². The van der Waals surface area contributed by atoms with Crippen LogP contribution in [0, 0.1) is 0 Å². The summed E-state index contributed by atoms with van der Waals surface area (Å²) in [5.74, 6) is 0.974. The summed E-state index contributed by atoms with van der Waals surface area (Å²) in [7, 11) is 1.31. The molecule has 0 saturated heterocycles. The van der Waals surface area contributed by atoms with Crippen molar-refractivity contribution in [2.75, 3.05) is 6.66 Å². The van der Waals surface area contributed by atoms with E-state index in [1.165, 1.54) is 13.9 Å². The molecule has 0 saturated carbocycles. The van der Waals surface area contributed by atoms with Crippen LogP contribution >= 0.6 is 8.58 Å². The van der Waals surface area contributed by atoms with E-state index < -0.39 is 0 Å². The molecule has 0 aliphatic heterocycles. The summed E-state index contributed by atoms with van der Waals surface area (Å²) in [4.78, 5) is 0. The predicted molar refractivity (Wildman–Crippen MR) is 59.3 cm³/mol. The summed E-state index contributed by atoms with van der Waals surface area (Å²) in [6, 6.07) is 8.30. The average molecular weight is 202 g/mol. The molecule has 0 fully saturated rings. The van der Waals surface area contributed by atoms with Crippen molar-refractivity contribution < 1.29 is 23.6 Å². The molecule has 1 rings (SSSR count). The van der Waals surface area contributed by atoms with Gasteiger partial charge in [-0.15, -0.1) is 0 Å². The maximum absolute atomic E-state index is 5.66. The molecule has 14 heavy (non-hydrogen) atoms. The van der Waals surface area contributed by atoms with Gasteiger partial charge in [0.25, 0.3) is 0 Å². The number of hydrogen-bond acceptors (Lipinski definition) is 1. The van der Waals surface area contributed by atoms with Crippen LogP contribution in [0.5, 0.6) is 5.75 Å². The molecular weight excluding hydrogens is 186 g/mol. The van der Waals surface area contributed by atoms with Crippen LogP contribution in [0.4, 0.5) is 0 Å². The Hall–Kier alpha value is 0.0474. The third kappa shape index (κ3) is 4.51. The van der Waals surface area contributed by atoms with E-state index in [2.05, 4.69) is 32.6 Å². The second-order valence-corrected chi connectivity index (χ2v) is 4.02.